The van der Waals surface area contributed by atoms with Gasteiger partial charge < -0.3 is 4.74 Å². The number of ether oxygens (including phenoxy) is 1. The second-order valence-corrected chi connectivity index (χ2v) is 5.94. The number of H-pyrrole nitrogens is 1. The maximum atomic E-state index is 11.7. The molecule has 0 aliphatic carbocycles. The van der Waals surface area contributed by atoms with Gasteiger partial charge in [-0.1, -0.05) is 6.92 Å². The van der Waals surface area contributed by atoms with Crippen molar-refractivity contribution in [2.24, 2.45) is 0 Å². The molecule has 0 saturated carbocycles. The number of sulfonamides is 1. The highest BCUT2D eigenvalue weighted by Crippen LogP contribution is 2.21. The predicted molar refractivity (Wildman–Crippen MR) is 65.2 cm³/mol. The van der Waals surface area contributed by atoms with Crippen LogP contribution >= 0.6 is 0 Å². The lowest BCUT2D eigenvalue weighted by atomic mass is 10.1. The zero-order chi connectivity index (χ0) is 13.9. The number of aromatic amines is 1. The van der Waals surface area contributed by atoms with Gasteiger partial charge in [0.15, 0.2) is 0 Å². The molecule has 19 heavy (non-hydrogen) atoms. The number of nitrogens with zero attached hydrogens (tertiary/aromatic N) is 1. The van der Waals surface area contributed by atoms with E-state index >= 15 is 0 Å². The summed E-state index contributed by atoms with van der Waals surface area (Å²) in [5.41, 5.74) is 2.15. The van der Waals surface area contributed by atoms with E-state index in [1.807, 2.05) is 11.8 Å². The average Bonchev–Trinajstić information content (AvgIpc) is 3.06. The SMILES string of the molecule is CC[C@@H]1CC[C@H](C(=O)NNS(=O)(=O)c2cn[nH]c2)O1. The molecule has 1 aromatic rings. The maximum Gasteiger partial charge on any atom is 0.264 e. The first-order valence-electron chi connectivity index (χ1n) is 5.99. The molecule has 9 heteroatoms. The topological polar surface area (TPSA) is 113 Å². The minimum atomic E-state index is -3.79. The van der Waals surface area contributed by atoms with Gasteiger partial charge in [0.05, 0.1) is 12.3 Å². The van der Waals surface area contributed by atoms with Crippen molar-refractivity contribution < 1.29 is 17.9 Å². The van der Waals surface area contributed by atoms with Crippen LogP contribution in [0.25, 0.3) is 0 Å². The van der Waals surface area contributed by atoms with Crippen LogP contribution < -0.4 is 10.3 Å². The fourth-order valence-corrected chi connectivity index (χ4v) is 2.59. The largest absolute Gasteiger partial charge is 0.365 e. The number of carbonyl (C=O) groups excluding carboxylic acids is 1. The molecule has 2 heterocycles. The van der Waals surface area contributed by atoms with Gasteiger partial charge in [0.25, 0.3) is 15.9 Å². The molecule has 1 amide bonds. The summed E-state index contributed by atoms with van der Waals surface area (Å²) in [6.07, 6.45) is 4.07. The number of aromatic nitrogens is 2. The van der Waals surface area contributed by atoms with Crippen LogP contribution in [0.2, 0.25) is 0 Å². The first-order valence-corrected chi connectivity index (χ1v) is 7.47. The van der Waals surface area contributed by atoms with Crippen LogP contribution in [-0.4, -0.2) is 36.7 Å². The number of nitrogens with one attached hydrogen (secondary N) is 3. The Hall–Kier alpha value is -1.45. The molecular formula is C10H16N4O4S. The Morgan fingerprint density at radius 2 is 2.37 bits per heavy atom. The van der Waals surface area contributed by atoms with E-state index in [1.165, 1.54) is 6.20 Å². The number of amides is 1. The molecule has 1 saturated heterocycles. The third kappa shape index (κ3) is 3.31. The summed E-state index contributed by atoms with van der Waals surface area (Å²) in [5.74, 6) is -0.483. The third-order valence-electron chi connectivity index (χ3n) is 2.95. The highest BCUT2D eigenvalue weighted by molar-refractivity contribution is 7.89. The molecule has 2 atom stereocenters. The van der Waals surface area contributed by atoms with E-state index in [1.54, 1.807) is 0 Å². The summed E-state index contributed by atoms with van der Waals surface area (Å²) in [4.78, 5) is 13.7. The molecule has 8 nitrogen and oxygen atoms in total. The fourth-order valence-electron chi connectivity index (χ4n) is 1.84. The lowest BCUT2D eigenvalue weighted by Crippen LogP contribution is -2.46. The summed E-state index contributed by atoms with van der Waals surface area (Å²) in [7, 11) is -3.79. The summed E-state index contributed by atoms with van der Waals surface area (Å²) in [6, 6.07) is 0. The molecule has 0 unspecified atom stereocenters. The van der Waals surface area contributed by atoms with Gasteiger partial charge in [0, 0.05) is 6.20 Å². The van der Waals surface area contributed by atoms with E-state index < -0.39 is 22.0 Å². The molecule has 106 valence electrons. The Morgan fingerprint density at radius 3 is 2.95 bits per heavy atom. The second kappa shape index (κ2) is 5.68. The number of hydrogen-bond acceptors (Lipinski definition) is 5. The minimum absolute atomic E-state index is 0.0495. The normalized spacial score (nSPS) is 23.4. The van der Waals surface area contributed by atoms with Crippen molar-refractivity contribution in [3.8, 4) is 0 Å². The molecule has 0 aromatic carbocycles. The van der Waals surface area contributed by atoms with Crippen molar-refractivity contribution >= 4 is 15.9 Å². The van der Waals surface area contributed by atoms with Crippen LogP contribution in [-0.2, 0) is 19.6 Å². The highest BCUT2D eigenvalue weighted by atomic mass is 32.2. The molecule has 2 rings (SSSR count). The third-order valence-corrected chi connectivity index (χ3v) is 4.16. The number of hydrogen-bond donors (Lipinski definition) is 3. The Bertz CT molecular complexity index is 528. The van der Waals surface area contributed by atoms with Gasteiger partial charge in [0.2, 0.25) is 0 Å². The summed E-state index contributed by atoms with van der Waals surface area (Å²) >= 11 is 0. The summed E-state index contributed by atoms with van der Waals surface area (Å²) < 4.78 is 28.9. The van der Waals surface area contributed by atoms with Crippen molar-refractivity contribution in [3.05, 3.63) is 12.4 Å². The van der Waals surface area contributed by atoms with Crippen LogP contribution in [0.15, 0.2) is 17.3 Å². The quantitative estimate of drug-likeness (QED) is 0.642. The Labute approximate surface area is 110 Å². The fraction of sp³-hybridized carbons (Fsp3) is 0.600. The lowest BCUT2D eigenvalue weighted by Gasteiger charge is -2.13. The predicted octanol–water partition coefficient (Wildman–Crippen LogP) is -0.323. The highest BCUT2D eigenvalue weighted by Gasteiger charge is 2.30. The molecular weight excluding hydrogens is 272 g/mol. The summed E-state index contributed by atoms with van der Waals surface area (Å²) in [6.45, 7) is 1.98. The van der Waals surface area contributed by atoms with Crippen LogP contribution in [0.1, 0.15) is 26.2 Å². The van der Waals surface area contributed by atoms with Crippen molar-refractivity contribution in [2.45, 2.75) is 43.3 Å². The van der Waals surface area contributed by atoms with Gasteiger partial charge in [-0.05, 0) is 19.3 Å². The van der Waals surface area contributed by atoms with E-state index in [2.05, 4.69) is 15.6 Å². The zero-order valence-electron chi connectivity index (χ0n) is 10.4. The van der Waals surface area contributed by atoms with Crippen LogP contribution in [0.4, 0.5) is 0 Å². The van der Waals surface area contributed by atoms with Gasteiger partial charge in [-0.15, -0.1) is 4.83 Å². The van der Waals surface area contributed by atoms with E-state index in [0.29, 0.717) is 6.42 Å². The second-order valence-electron chi connectivity index (χ2n) is 4.26. The molecule has 1 fully saturated rings. The number of carbonyl (C=O) groups is 1. The number of rotatable bonds is 5. The molecule has 3 N–H and O–H groups in total. The minimum Gasteiger partial charge on any atom is -0.365 e. The molecule has 0 radical (unpaired) electrons. The maximum absolute atomic E-state index is 11.7. The Morgan fingerprint density at radius 1 is 1.58 bits per heavy atom. The van der Waals surface area contributed by atoms with Crippen LogP contribution in [0, 0.1) is 0 Å². The van der Waals surface area contributed by atoms with E-state index in [4.69, 9.17) is 4.74 Å². The molecule has 0 bridgehead atoms. The molecule has 1 aromatic heterocycles. The van der Waals surface area contributed by atoms with Crippen molar-refractivity contribution in [2.75, 3.05) is 0 Å². The number of hydrazine groups is 1. The standard InChI is InChI=1S/C10H16N4O4S/c1-2-7-3-4-9(18-7)10(15)13-14-19(16,17)8-5-11-12-6-8/h5-7,9,14H,2-4H2,1H3,(H,11,12)(H,13,15)/t7-,9-/m1/s1. The van der Waals surface area contributed by atoms with E-state index in [-0.39, 0.29) is 11.0 Å². The van der Waals surface area contributed by atoms with Crippen LogP contribution in [0.3, 0.4) is 0 Å². The first-order chi connectivity index (χ1) is 9.03. The lowest BCUT2D eigenvalue weighted by molar-refractivity contribution is -0.132. The molecule has 0 spiro atoms. The van der Waals surface area contributed by atoms with E-state index in [9.17, 15) is 13.2 Å². The van der Waals surface area contributed by atoms with Gasteiger partial charge in [0.1, 0.15) is 11.0 Å². The van der Waals surface area contributed by atoms with Crippen molar-refractivity contribution in [1.82, 2.24) is 20.5 Å². The van der Waals surface area contributed by atoms with Crippen molar-refractivity contribution in [1.29, 1.82) is 0 Å². The van der Waals surface area contributed by atoms with Gasteiger partial charge in [-0.25, -0.2) is 8.42 Å². The van der Waals surface area contributed by atoms with Gasteiger partial charge in [-0.2, -0.15) is 5.10 Å². The van der Waals surface area contributed by atoms with Gasteiger partial charge in [-0.3, -0.25) is 15.3 Å². The summed E-state index contributed by atoms with van der Waals surface area (Å²) in [5, 5.41) is 5.92. The zero-order valence-corrected chi connectivity index (χ0v) is 11.2. The van der Waals surface area contributed by atoms with Gasteiger partial charge >= 0.3 is 0 Å². The van der Waals surface area contributed by atoms with Crippen molar-refractivity contribution in [3.63, 3.8) is 0 Å². The molecule has 1 aliphatic rings. The Kier molecular flexibility index (Phi) is 4.17. The monoisotopic (exact) mass is 288 g/mol. The molecule has 1 aliphatic heterocycles. The Balaban J connectivity index is 1.88. The average molecular weight is 288 g/mol. The van der Waals surface area contributed by atoms with Crippen LogP contribution in [0.5, 0.6) is 0 Å². The van der Waals surface area contributed by atoms with E-state index in [0.717, 1.165) is 19.0 Å². The smallest absolute Gasteiger partial charge is 0.264 e. The first kappa shape index (κ1) is 14.0.